The molecule has 0 bridgehead atoms. The number of carboxylic acids is 2. The van der Waals surface area contributed by atoms with E-state index >= 15 is 0 Å². The number of rotatable bonds is 11. The first-order chi connectivity index (χ1) is 21.8. The summed E-state index contributed by atoms with van der Waals surface area (Å²) >= 11 is 3.26. The number of phenolic OH excluding ortho intramolecular Hbond substituents is 2. The molecule has 0 radical (unpaired) electrons. The highest BCUT2D eigenvalue weighted by atomic mass is 32.2. The van der Waals surface area contributed by atoms with E-state index in [0.717, 1.165) is 40.1 Å². The molecule has 1 fully saturated rings. The zero-order chi connectivity index (χ0) is 33.3. The second-order valence-corrected chi connectivity index (χ2v) is 12.4. The quantitative estimate of drug-likeness (QED) is 0.0332. The maximum absolute atomic E-state index is 13.4. The van der Waals surface area contributed by atoms with Gasteiger partial charge in [0.2, 0.25) is 6.10 Å². The van der Waals surface area contributed by atoms with Crippen molar-refractivity contribution in [3.8, 4) is 11.5 Å². The van der Waals surface area contributed by atoms with Gasteiger partial charge < -0.3 is 47.8 Å². The van der Waals surface area contributed by atoms with Crippen molar-refractivity contribution in [2.75, 3.05) is 28.7 Å². The van der Waals surface area contributed by atoms with Crippen molar-refractivity contribution in [3.05, 3.63) is 52.2 Å². The molecule has 21 heteroatoms. The molecule has 11 N–H and O–H groups in total. The van der Waals surface area contributed by atoms with E-state index in [-0.39, 0.29) is 50.4 Å². The summed E-state index contributed by atoms with van der Waals surface area (Å²) in [5.74, 6) is -5.10. The number of thiazole rings is 1. The average Bonchev–Trinajstić information content (AvgIpc) is 3.42. The number of β-lactam (4-membered cyclic amide) rings is 1. The molecule has 18 nitrogen and oxygen atoms in total. The van der Waals surface area contributed by atoms with Gasteiger partial charge in [0.15, 0.2) is 27.5 Å². The van der Waals surface area contributed by atoms with Gasteiger partial charge in [-0.25, -0.2) is 24.5 Å². The summed E-state index contributed by atoms with van der Waals surface area (Å²) in [6, 6.07) is 3.36. The lowest BCUT2D eigenvalue weighted by atomic mass is 10.0. The summed E-state index contributed by atoms with van der Waals surface area (Å²) in [7, 11) is 0. The monoisotopic (exact) mass is 689 g/mol. The minimum atomic E-state index is -1.83. The number of benzene rings is 1. The predicted molar refractivity (Wildman–Crippen MR) is 166 cm³/mol. The molecule has 3 aromatic rings. The number of nitrogens with two attached hydrogens (primary N) is 3. The van der Waals surface area contributed by atoms with Crippen LogP contribution in [0.4, 0.5) is 16.8 Å². The summed E-state index contributed by atoms with van der Waals surface area (Å²) in [4.78, 5) is 69.2. The van der Waals surface area contributed by atoms with Gasteiger partial charge in [-0.05, 0) is 17.7 Å². The van der Waals surface area contributed by atoms with Crippen LogP contribution in [0.25, 0.3) is 0 Å². The number of hydrogen-bond donors (Lipinski definition) is 8. The average molecular weight is 690 g/mol. The van der Waals surface area contributed by atoms with Crippen molar-refractivity contribution in [1.29, 1.82) is 0 Å². The fraction of sp³-hybridized carbons (Fsp3) is 0.200. The number of nitrogen functional groups attached to an aromatic ring is 3. The van der Waals surface area contributed by atoms with Crippen LogP contribution in [0.3, 0.4) is 0 Å². The summed E-state index contributed by atoms with van der Waals surface area (Å²) < 4.78 is 0. The van der Waals surface area contributed by atoms with E-state index in [9.17, 15) is 39.6 Å². The van der Waals surface area contributed by atoms with Gasteiger partial charge in [-0.1, -0.05) is 23.0 Å². The van der Waals surface area contributed by atoms with Gasteiger partial charge in [0.25, 0.3) is 11.8 Å². The highest BCUT2D eigenvalue weighted by molar-refractivity contribution is 8.01. The molecule has 2 amide bonds. The fourth-order valence-corrected chi connectivity index (χ4v) is 7.25. The summed E-state index contributed by atoms with van der Waals surface area (Å²) in [5.41, 5.74) is 16.6. The van der Waals surface area contributed by atoms with Crippen molar-refractivity contribution in [2.45, 2.75) is 22.7 Å². The number of nitrogens with one attached hydrogen (secondary N) is 1. The smallest absolute Gasteiger partial charge is 0.352 e. The van der Waals surface area contributed by atoms with Crippen LogP contribution < -0.4 is 22.5 Å². The van der Waals surface area contributed by atoms with Crippen molar-refractivity contribution in [3.63, 3.8) is 0 Å². The van der Waals surface area contributed by atoms with Gasteiger partial charge >= 0.3 is 11.9 Å². The Morgan fingerprint density at radius 1 is 1.11 bits per heavy atom. The number of aromatic nitrogens is 3. The molecule has 46 heavy (non-hydrogen) atoms. The molecule has 0 aliphatic carbocycles. The number of carbonyl (C=O) groups is 4. The number of fused-ring (bicyclic) bond motifs is 1. The molecule has 2 aliphatic heterocycles. The highest BCUT2D eigenvalue weighted by Gasteiger charge is 2.54. The molecule has 5 rings (SSSR count). The third-order valence-corrected chi connectivity index (χ3v) is 9.36. The van der Waals surface area contributed by atoms with Crippen molar-refractivity contribution in [1.82, 2.24) is 25.2 Å². The number of anilines is 3. The van der Waals surface area contributed by atoms with E-state index in [0.29, 0.717) is 5.57 Å². The zero-order valence-corrected chi connectivity index (χ0v) is 25.5. The van der Waals surface area contributed by atoms with E-state index in [2.05, 4.69) is 25.4 Å². The van der Waals surface area contributed by atoms with Gasteiger partial charge in [-0.3, -0.25) is 14.5 Å². The lowest BCUT2D eigenvalue weighted by Gasteiger charge is -2.49. The van der Waals surface area contributed by atoms with E-state index in [1.54, 1.807) is 0 Å². The third-order valence-electron chi connectivity index (χ3n) is 6.41. The number of amides is 2. The topological polar surface area (TPSA) is 303 Å². The van der Waals surface area contributed by atoms with E-state index in [1.165, 1.54) is 29.3 Å². The molecular formula is C25H23N9O9S3. The van der Waals surface area contributed by atoms with Crippen molar-refractivity contribution < 1.29 is 44.4 Å². The van der Waals surface area contributed by atoms with E-state index in [4.69, 9.17) is 22.0 Å². The Balaban J connectivity index is 1.35. The van der Waals surface area contributed by atoms with Crippen molar-refractivity contribution >= 4 is 81.1 Å². The van der Waals surface area contributed by atoms with Gasteiger partial charge in [0, 0.05) is 28.5 Å². The largest absolute Gasteiger partial charge is 0.504 e. The Kier molecular flexibility index (Phi) is 9.07. The number of thioether (sulfide) groups is 2. The molecule has 1 saturated heterocycles. The maximum Gasteiger partial charge on any atom is 0.352 e. The SMILES string of the molecule is Nc1cc(N)nc(SCC2=C(C(=O)O)N3C(=O)[C@@H](NC(=O)/C(=N\OC(C(=O)O)c4ccc(O)c(O)c4)c4csc(N)n4)[C@H]3SC2)n1. The normalized spacial score (nSPS) is 18.4. The van der Waals surface area contributed by atoms with Crippen molar-refractivity contribution in [2.24, 2.45) is 5.16 Å². The maximum atomic E-state index is 13.4. The number of aromatic hydroxyl groups is 2. The number of aliphatic carboxylic acids is 2. The lowest BCUT2D eigenvalue weighted by molar-refractivity contribution is -0.151. The molecule has 4 heterocycles. The standard InChI is InChI=1S/C25H23N9O9S3/c26-13-4-14(27)31-25(30-13)46-6-9-5-44-21-16(20(38)34(21)17(9)22(39)40)32-19(37)15(10-7-45-24(28)29-10)33-43-18(23(41)42)8-1-2-11(35)12(36)3-8/h1-4,7,16,18,21,35-36H,5-6H2,(H2,28,29)(H,32,37)(H,39,40)(H,41,42)(H4,26,27,30,31)/b33-15-/t16-,18?,21-/m1/s1. The number of carboxylic acid groups (broad SMARTS) is 2. The summed E-state index contributed by atoms with van der Waals surface area (Å²) in [6.45, 7) is 0. The Morgan fingerprint density at radius 3 is 2.43 bits per heavy atom. The zero-order valence-electron chi connectivity index (χ0n) is 23.1. The second kappa shape index (κ2) is 13.0. The molecule has 1 aromatic carbocycles. The number of carbonyl (C=O) groups excluding carboxylic acids is 2. The van der Waals surface area contributed by atoms with E-state index < -0.39 is 58.5 Å². The lowest BCUT2D eigenvalue weighted by Crippen LogP contribution is -2.71. The van der Waals surface area contributed by atoms with E-state index in [1.807, 2.05) is 0 Å². The van der Waals surface area contributed by atoms with Crippen LogP contribution in [0.1, 0.15) is 17.4 Å². The van der Waals surface area contributed by atoms with Crippen LogP contribution in [-0.4, -0.2) is 92.7 Å². The van der Waals surface area contributed by atoms with Crippen LogP contribution in [0.5, 0.6) is 11.5 Å². The molecule has 1 unspecified atom stereocenters. The minimum absolute atomic E-state index is 0.0513. The molecule has 0 saturated carbocycles. The molecule has 2 aliphatic rings. The third kappa shape index (κ3) is 6.55. The van der Waals surface area contributed by atoms with Gasteiger partial charge in [-0.15, -0.1) is 23.1 Å². The number of phenols is 2. The first-order valence-corrected chi connectivity index (χ1v) is 15.7. The van der Waals surface area contributed by atoms with Crippen LogP contribution in [0.2, 0.25) is 0 Å². The molecular weight excluding hydrogens is 667 g/mol. The fourth-order valence-electron chi connectivity index (χ4n) is 4.34. The van der Waals surface area contributed by atoms with Gasteiger partial charge in [0.1, 0.15) is 34.4 Å². The summed E-state index contributed by atoms with van der Waals surface area (Å²) in [6.07, 6.45) is -1.83. The predicted octanol–water partition coefficient (Wildman–Crippen LogP) is 0.168. The van der Waals surface area contributed by atoms with Crippen LogP contribution in [0, 0.1) is 0 Å². The van der Waals surface area contributed by atoms with Crippen LogP contribution >= 0.6 is 34.9 Å². The summed E-state index contributed by atoms with van der Waals surface area (Å²) in [5, 5.41) is 46.1. The van der Waals surface area contributed by atoms with Crippen LogP contribution in [0.15, 0.2) is 51.2 Å². The van der Waals surface area contributed by atoms with Gasteiger partial charge in [-0.2, -0.15) is 0 Å². The Hall–Kier alpha value is -5.28. The molecule has 2 aromatic heterocycles. The second-order valence-electron chi connectivity index (χ2n) is 9.49. The molecule has 3 atom stereocenters. The molecule has 0 spiro atoms. The Labute approximate surface area is 270 Å². The number of hydrogen-bond acceptors (Lipinski definition) is 17. The first-order valence-electron chi connectivity index (χ1n) is 12.8. The number of nitrogens with zero attached hydrogens (tertiary/aromatic N) is 5. The number of oxime groups is 1. The minimum Gasteiger partial charge on any atom is -0.504 e. The molecule has 240 valence electrons. The Bertz CT molecular complexity index is 1800. The Morgan fingerprint density at radius 2 is 1.83 bits per heavy atom. The van der Waals surface area contributed by atoms with Gasteiger partial charge in [0.05, 0.1) is 0 Å². The highest BCUT2D eigenvalue weighted by Crippen LogP contribution is 2.41. The first kappa shape index (κ1) is 32.1. The van der Waals surface area contributed by atoms with Crippen LogP contribution in [-0.2, 0) is 24.0 Å².